The highest BCUT2D eigenvalue weighted by Crippen LogP contribution is 2.30. The molecule has 1 heterocycles. The summed E-state index contributed by atoms with van der Waals surface area (Å²) in [5.41, 5.74) is 2.66. The molecule has 4 rings (SSSR count). The number of hydrogen-bond donors (Lipinski definition) is 3. The van der Waals surface area contributed by atoms with E-state index in [1.54, 1.807) is 0 Å². The molecule has 2 aliphatic rings. The molecule has 3 unspecified atom stereocenters. The van der Waals surface area contributed by atoms with E-state index in [2.05, 4.69) is 16.0 Å². The number of carbonyl (C=O) groups is 2. The summed E-state index contributed by atoms with van der Waals surface area (Å²) in [6, 6.07) is 16.8. The van der Waals surface area contributed by atoms with Gasteiger partial charge in [-0.05, 0) is 61.8 Å². The van der Waals surface area contributed by atoms with E-state index in [1.807, 2.05) is 66.4 Å². The van der Waals surface area contributed by atoms with Crippen molar-refractivity contribution in [1.82, 2.24) is 10.2 Å². The van der Waals surface area contributed by atoms with Crippen LogP contribution in [0.15, 0.2) is 54.6 Å². The summed E-state index contributed by atoms with van der Waals surface area (Å²) in [6.45, 7) is 1.98. The van der Waals surface area contributed by atoms with E-state index in [0.29, 0.717) is 5.11 Å². The molecule has 2 aromatic rings. The number of amides is 2. The van der Waals surface area contributed by atoms with Crippen LogP contribution in [-0.2, 0) is 9.59 Å². The summed E-state index contributed by atoms with van der Waals surface area (Å²) >= 11 is 5.76. The van der Waals surface area contributed by atoms with Crippen molar-refractivity contribution in [3.05, 3.63) is 60.2 Å². The molecule has 0 aromatic heterocycles. The van der Waals surface area contributed by atoms with E-state index in [9.17, 15) is 9.59 Å². The van der Waals surface area contributed by atoms with Crippen molar-refractivity contribution < 1.29 is 9.59 Å². The molecule has 0 bridgehead atoms. The van der Waals surface area contributed by atoms with Crippen LogP contribution in [0, 0.1) is 6.92 Å². The van der Waals surface area contributed by atoms with Crippen LogP contribution in [0.1, 0.15) is 37.7 Å². The molecule has 2 amide bonds. The molecule has 1 saturated heterocycles. The average molecular weight is 437 g/mol. The Kier molecular flexibility index (Phi) is 6.51. The lowest BCUT2D eigenvalue weighted by molar-refractivity contribution is -0.134. The summed E-state index contributed by atoms with van der Waals surface area (Å²) in [4.78, 5) is 27.9. The highest BCUT2D eigenvalue weighted by Gasteiger charge is 2.44. The maximum absolute atomic E-state index is 13.0. The number of nitrogens with zero attached hydrogens (tertiary/aromatic N) is 1. The molecule has 0 radical (unpaired) electrons. The fourth-order valence-electron chi connectivity index (χ4n) is 4.55. The van der Waals surface area contributed by atoms with E-state index in [1.165, 1.54) is 0 Å². The number of fused-ring (bicyclic) bond motifs is 1. The Labute approximate surface area is 188 Å². The number of hydrogen-bond acceptors (Lipinski definition) is 3. The number of piperazine rings is 1. The molecule has 162 valence electrons. The van der Waals surface area contributed by atoms with Crippen molar-refractivity contribution in [2.45, 2.75) is 57.2 Å². The van der Waals surface area contributed by atoms with Gasteiger partial charge >= 0.3 is 0 Å². The van der Waals surface area contributed by atoms with Crippen LogP contribution in [0.25, 0.3) is 0 Å². The molecule has 6 nitrogen and oxygen atoms in total. The molecule has 1 aliphatic heterocycles. The lowest BCUT2D eigenvalue weighted by Crippen LogP contribution is -2.68. The molecule has 3 atom stereocenters. The Morgan fingerprint density at radius 3 is 2.58 bits per heavy atom. The van der Waals surface area contributed by atoms with Crippen molar-refractivity contribution in [1.29, 1.82) is 0 Å². The molecule has 0 spiro atoms. The van der Waals surface area contributed by atoms with Crippen LogP contribution in [0.3, 0.4) is 0 Å². The van der Waals surface area contributed by atoms with E-state index in [-0.39, 0.29) is 30.3 Å². The van der Waals surface area contributed by atoms with Gasteiger partial charge in [0, 0.05) is 17.4 Å². The Balaban J connectivity index is 1.54. The topological polar surface area (TPSA) is 73.5 Å². The minimum absolute atomic E-state index is 0.0413. The van der Waals surface area contributed by atoms with E-state index in [0.717, 1.165) is 42.6 Å². The van der Waals surface area contributed by atoms with E-state index in [4.69, 9.17) is 12.2 Å². The fourth-order valence-corrected chi connectivity index (χ4v) is 4.93. The van der Waals surface area contributed by atoms with Crippen molar-refractivity contribution in [2.75, 3.05) is 10.6 Å². The summed E-state index contributed by atoms with van der Waals surface area (Å²) < 4.78 is 0. The summed E-state index contributed by atoms with van der Waals surface area (Å²) in [5, 5.41) is 9.83. The number of benzene rings is 2. The van der Waals surface area contributed by atoms with E-state index < -0.39 is 6.04 Å². The molecule has 1 saturated carbocycles. The standard InChI is InChI=1S/C24H28N4O2S/c1-16-8-7-11-18(14-16)25-22(29)15-21-23(30)27-19-12-5-6-13-20(19)28(21)24(31)26-17-9-3-2-4-10-17/h2-4,7-11,14,19-21H,5-6,12-13,15H2,1H3,(H,25,29)(H,26,31)(H,27,30). The van der Waals surface area contributed by atoms with Gasteiger partial charge in [0.05, 0.1) is 12.5 Å². The quantitative estimate of drug-likeness (QED) is 0.636. The minimum atomic E-state index is -0.645. The first-order valence-corrected chi connectivity index (χ1v) is 11.2. The van der Waals surface area contributed by atoms with Gasteiger partial charge in [0.1, 0.15) is 6.04 Å². The first-order valence-electron chi connectivity index (χ1n) is 10.8. The highest BCUT2D eigenvalue weighted by atomic mass is 32.1. The molecule has 31 heavy (non-hydrogen) atoms. The Bertz CT molecular complexity index is 965. The second-order valence-corrected chi connectivity index (χ2v) is 8.69. The number of para-hydroxylation sites is 1. The van der Waals surface area contributed by atoms with Crippen LogP contribution in [-0.4, -0.2) is 40.0 Å². The Morgan fingerprint density at radius 1 is 1.06 bits per heavy atom. The van der Waals surface area contributed by atoms with Crippen LogP contribution in [0.4, 0.5) is 11.4 Å². The average Bonchev–Trinajstić information content (AvgIpc) is 2.75. The van der Waals surface area contributed by atoms with Crippen molar-refractivity contribution >= 4 is 40.5 Å². The first-order chi connectivity index (χ1) is 15.0. The SMILES string of the molecule is Cc1cccc(NC(=O)CC2C(=O)NC3CCCCC3N2C(=S)Nc2ccccc2)c1. The predicted octanol–water partition coefficient (Wildman–Crippen LogP) is 3.83. The lowest BCUT2D eigenvalue weighted by atomic mass is 9.85. The van der Waals surface area contributed by atoms with Gasteiger partial charge in [0.15, 0.2) is 5.11 Å². The van der Waals surface area contributed by atoms with Gasteiger partial charge in [0.2, 0.25) is 11.8 Å². The number of thiocarbonyl (C=S) groups is 1. The van der Waals surface area contributed by atoms with Gasteiger partial charge in [-0.2, -0.15) is 0 Å². The number of nitrogens with one attached hydrogen (secondary N) is 3. The molecular formula is C24H28N4O2S. The Morgan fingerprint density at radius 2 is 1.81 bits per heavy atom. The number of anilines is 2. The molecule has 2 fully saturated rings. The molecular weight excluding hydrogens is 408 g/mol. The smallest absolute Gasteiger partial charge is 0.243 e. The molecule has 1 aliphatic carbocycles. The molecule has 2 aromatic carbocycles. The zero-order valence-corrected chi connectivity index (χ0v) is 18.5. The first kappa shape index (κ1) is 21.3. The summed E-state index contributed by atoms with van der Waals surface area (Å²) in [7, 11) is 0. The third-order valence-corrected chi connectivity index (χ3v) is 6.31. The van der Waals surface area contributed by atoms with Crippen LogP contribution in [0.2, 0.25) is 0 Å². The van der Waals surface area contributed by atoms with Crippen LogP contribution < -0.4 is 16.0 Å². The predicted molar refractivity (Wildman–Crippen MR) is 127 cm³/mol. The number of carbonyl (C=O) groups excluding carboxylic acids is 2. The monoisotopic (exact) mass is 436 g/mol. The molecule has 7 heteroatoms. The second kappa shape index (κ2) is 9.47. The fraction of sp³-hybridized carbons (Fsp3) is 0.375. The van der Waals surface area contributed by atoms with Gasteiger partial charge in [-0.25, -0.2) is 0 Å². The second-order valence-electron chi connectivity index (χ2n) is 8.31. The van der Waals surface area contributed by atoms with Gasteiger partial charge in [-0.15, -0.1) is 0 Å². The van der Waals surface area contributed by atoms with Crippen molar-refractivity contribution in [2.24, 2.45) is 0 Å². The maximum Gasteiger partial charge on any atom is 0.243 e. The maximum atomic E-state index is 13.0. The summed E-state index contributed by atoms with van der Waals surface area (Å²) in [5.74, 6) is -0.340. The van der Waals surface area contributed by atoms with Crippen molar-refractivity contribution in [3.63, 3.8) is 0 Å². The largest absolute Gasteiger partial charge is 0.349 e. The third-order valence-electron chi connectivity index (χ3n) is 5.99. The van der Waals surface area contributed by atoms with E-state index >= 15 is 0 Å². The Hall–Kier alpha value is -2.93. The molecule has 3 N–H and O–H groups in total. The lowest BCUT2D eigenvalue weighted by Gasteiger charge is -2.49. The highest BCUT2D eigenvalue weighted by molar-refractivity contribution is 7.80. The van der Waals surface area contributed by atoms with Gasteiger partial charge < -0.3 is 20.9 Å². The van der Waals surface area contributed by atoms with Gasteiger partial charge in [-0.1, -0.05) is 43.2 Å². The third kappa shape index (κ3) is 5.05. The normalized spacial score (nSPS) is 22.8. The minimum Gasteiger partial charge on any atom is -0.349 e. The van der Waals surface area contributed by atoms with Crippen LogP contribution >= 0.6 is 12.2 Å². The summed E-state index contributed by atoms with van der Waals surface area (Å²) in [6.07, 6.45) is 4.09. The zero-order valence-electron chi connectivity index (χ0n) is 17.6. The zero-order chi connectivity index (χ0) is 21.8. The van der Waals surface area contributed by atoms with Crippen molar-refractivity contribution in [3.8, 4) is 0 Å². The number of rotatable bonds is 4. The van der Waals surface area contributed by atoms with Gasteiger partial charge in [-0.3, -0.25) is 9.59 Å². The van der Waals surface area contributed by atoms with Gasteiger partial charge in [0.25, 0.3) is 0 Å². The van der Waals surface area contributed by atoms with Crippen LogP contribution in [0.5, 0.6) is 0 Å². The number of aryl methyl sites for hydroxylation is 1.